The molecule has 0 amide bonds. The molecule has 0 aliphatic heterocycles. The number of aliphatic hydroxyl groups excluding tert-OH is 1. The molecule has 3 aromatic rings. The first-order valence-corrected chi connectivity index (χ1v) is 8.92. The molecule has 0 aliphatic rings. The second kappa shape index (κ2) is 8.74. The van der Waals surface area contributed by atoms with Crippen molar-refractivity contribution in [3.05, 3.63) is 52.3 Å². The van der Waals surface area contributed by atoms with Crippen molar-refractivity contribution in [1.82, 2.24) is 9.97 Å². The van der Waals surface area contributed by atoms with Gasteiger partial charge in [0.2, 0.25) is 0 Å². The van der Waals surface area contributed by atoms with E-state index in [1.807, 2.05) is 12.1 Å². The van der Waals surface area contributed by atoms with Crippen LogP contribution in [0.15, 0.2) is 30.6 Å². The van der Waals surface area contributed by atoms with Crippen LogP contribution in [0.3, 0.4) is 0 Å². The van der Waals surface area contributed by atoms with Gasteiger partial charge in [-0.25, -0.2) is 9.97 Å². The molecule has 28 heavy (non-hydrogen) atoms. The molecule has 0 aliphatic carbocycles. The molecule has 1 heterocycles. The maximum atomic E-state index is 9.50. The van der Waals surface area contributed by atoms with Crippen LogP contribution in [0.5, 0.6) is 11.5 Å². The Bertz CT molecular complexity index is 1050. The summed E-state index contributed by atoms with van der Waals surface area (Å²) in [7, 11) is 3.06. The predicted octanol–water partition coefficient (Wildman–Crippen LogP) is 3.32. The molecule has 0 unspecified atom stereocenters. The summed E-state index contributed by atoms with van der Waals surface area (Å²) in [4.78, 5) is 8.66. The van der Waals surface area contributed by atoms with E-state index < -0.39 is 0 Å². The number of aromatic nitrogens is 2. The predicted molar refractivity (Wildman–Crippen MR) is 107 cm³/mol. The first kappa shape index (κ1) is 19.7. The summed E-state index contributed by atoms with van der Waals surface area (Å²) in [6.07, 6.45) is 1.76. The highest BCUT2D eigenvalue weighted by atomic mass is 35.5. The Hall–Kier alpha value is -3.08. The van der Waals surface area contributed by atoms with Crippen molar-refractivity contribution in [3.63, 3.8) is 0 Å². The van der Waals surface area contributed by atoms with Crippen LogP contribution in [0.1, 0.15) is 16.7 Å². The second-order valence-electron chi connectivity index (χ2n) is 5.96. The molecule has 0 fully saturated rings. The number of hydrogen-bond donors (Lipinski definition) is 2. The number of benzene rings is 2. The maximum absolute atomic E-state index is 9.50. The number of ether oxygens (including phenoxy) is 2. The molecule has 0 radical (unpaired) electrons. The molecule has 0 spiro atoms. The van der Waals surface area contributed by atoms with Crippen LogP contribution in [0.2, 0.25) is 5.02 Å². The smallest absolute Gasteiger partial charge is 0.142 e. The topological polar surface area (TPSA) is 100 Å². The number of methoxy groups -OCH3 is 2. The van der Waals surface area contributed by atoms with Crippen molar-refractivity contribution >= 4 is 28.3 Å². The fourth-order valence-electron chi connectivity index (χ4n) is 3.06. The van der Waals surface area contributed by atoms with Crippen LogP contribution in [0.25, 0.3) is 10.9 Å². The highest BCUT2D eigenvalue weighted by molar-refractivity contribution is 6.32. The van der Waals surface area contributed by atoms with Crippen molar-refractivity contribution < 1.29 is 14.6 Å². The molecule has 2 aromatic carbocycles. The van der Waals surface area contributed by atoms with Gasteiger partial charge in [0.25, 0.3) is 0 Å². The lowest BCUT2D eigenvalue weighted by Gasteiger charge is -2.15. The maximum Gasteiger partial charge on any atom is 0.142 e. The summed E-state index contributed by atoms with van der Waals surface area (Å²) in [5, 5.41) is 23.4. The van der Waals surface area contributed by atoms with Gasteiger partial charge in [-0.05, 0) is 23.8 Å². The number of anilines is 1. The highest BCUT2D eigenvalue weighted by Gasteiger charge is 2.17. The zero-order valence-corrected chi connectivity index (χ0v) is 16.2. The van der Waals surface area contributed by atoms with Gasteiger partial charge in [-0.1, -0.05) is 17.7 Å². The average molecular weight is 399 g/mol. The minimum atomic E-state index is -0.0859. The average Bonchev–Trinajstić information content (AvgIpc) is 2.72. The van der Waals surface area contributed by atoms with Gasteiger partial charge in [-0.15, -0.1) is 0 Å². The van der Waals surface area contributed by atoms with E-state index in [1.54, 1.807) is 19.2 Å². The van der Waals surface area contributed by atoms with E-state index in [2.05, 4.69) is 21.4 Å². The van der Waals surface area contributed by atoms with E-state index in [0.29, 0.717) is 57.3 Å². The lowest BCUT2D eigenvalue weighted by atomic mass is 10.0. The molecule has 0 atom stereocenters. The molecule has 2 N–H and O–H groups in total. The largest absolute Gasteiger partial charge is 0.495 e. The zero-order valence-electron chi connectivity index (χ0n) is 15.5. The van der Waals surface area contributed by atoms with Crippen molar-refractivity contribution in [3.8, 4) is 17.6 Å². The summed E-state index contributed by atoms with van der Waals surface area (Å²) in [5.41, 5.74) is 2.62. The number of hydrogen-bond acceptors (Lipinski definition) is 7. The van der Waals surface area contributed by atoms with Crippen LogP contribution in [-0.4, -0.2) is 35.9 Å². The third-order valence-electron chi connectivity index (χ3n) is 4.34. The van der Waals surface area contributed by atoms with Crippen molar-refractivity contribution in [2.24, 2.45) is 0 Å². The molecule has 0 saturated heterocycles. The van der Waals surface area contributed by atoms with E-state index in [-0.39, 0.29) is 6.61 Å². The third kappa shape index (κ3) is 3.79. The van der Waals surface area contributed by atoms with Crippen molar-refractivity contribution in [2.75, 3.05) is 26.1 Å². The van der Waals surface area contributed by atoms with Crippen LogP contribution >= 0.6 is 11.6 Å². The van der Waals surface area contributed by atoms with Gasteiger partial charge in [0.15, 0.2) is 0 Å². The molecule has 0 saturated carbocycles. The quantitative estimate of drug-likeness (QED) is 0.629. The minimum absolute atomic E-state index is 0.0859. The fourth-order valence-corrected chi connectivity index (χ4v) is 3.34. The van der Waals surface area contributed by atoms with Gasteiger partial charge in [0, 0.05) is 30.5 Å². The number of rotatable bonds is 7. The van der Waals surface area contributed by atoms with Crippen LogP contribution in [0, 0.1) is 11.3 Å². The third-order valence-corrected chi connectivity index (χ3v) is 4.64. The van der Waals surface area contributed by atoms with Gasteiger partial charge in [-0.3, -0.25) is 0 Å². The highest BCUT2D eigenvalue weighted by Crippen LogP contribution is 2.34. The Balaban J connectivity index is 2.01. The van der Waals surface area contributed by atoms with Gasteiger partial charge in [-0.2, -0.15) is 5.26 Å². The van der Waals surface area contributed by atoms with Crippen LogP contribution in [0.4, 0.5) is 5.82 Å². The van der Waals surface area contributed by atoms with Crippen molar-refractivity contribution in [2.45, 2.75) is 13.0 Å². The molecule has 8 heteroatoms. The van der Waals surface area contributed by atoms with E-state index in [1.165, 1.54) is 13.4 Å². The first-order valence-electron chi connectivity index (χ1n) is 8.54. The Kier molecular flexibility index (Phi) is 6.14. The van der Waals surface area contributed by atoms with Crippen LogP contribution in [-0.2, 0) is 13.0 Å². The number of aliphatic hydroxyl groups is 1. The SMILES string of the molecule is COc1ccc(CNc2ncnc3c(CCO)c(OC)c(C#N)cc23)cc1Cl. The molecule has 0 bridgehead atoms. The van der Waals surface area contributed by atoms with Gasteiger partial charge < -0.3 is 19.9 Å². The fraction of sp³-hybridized carbons (Fsp3) is 0.250. The summed E-state index contributed by atoms with van der Waals surface area (Å²) in [5.74, 6) is 1.61. The molecular formula is C20H19ClN4O3. The Labute approximate surface area is 167 Å². The Morgan fingerprint density at radius 3 is 2.68 bits per heavy atom. The van der Waals surface area contributed by atoms with E-state index >= 15 is 0 Å². The van der Waals surface area contributed by atoms with E-state index in [9.17, 15) is 10.4 Å². The van der Waals surface area contributed by atoms with Gasteiger partial charge in [0.05, 0.1) is 30.3 Å². The molecule has 1 aromatic heterocycles. The van der Waals surface area contributed by atoms with Crippen molar-refractivity contribution in [1.29, 1.82) is 5.26 Å². The standard InChI is InChI=1S/C20H19ClN4O3/c1-27-17-4-3-12(7-16(17)21)10-23-20-15-8-13(9-22)19(28-2)14(5-6-26)18(15)24-11-25-20/h3-4,7-8,11,26H,5-6,10H2,1-2H3,(H,23,24,25). The number of nitriles is 1. The lowest BCUT2D eigenvalue weighted by molar-refractivity contribution is 0.297. The molecular weight excluding hydrogens is 380 g/mol. The van der Waals surface area contributed by atoms with E-state index in [0.717, 1.165) is 5.56 Å². The lowest BCUT2D eigenvalue weighted by Crippen LogP contribution is -2.06. The van der Waals surface area contributed by atoms with Crippen LogP contribution < -0.4 is 14.8 Å². The number of nitrogens with zero attached hydrogens (tertiary/aromatic N) is 3. The summed E-state index contributed by atoms with van der Waals surface area (Å²) in [6.45, 7) is 0.385. The minimum Gasteiger partial charge on any atom is -0.495 e. The second-order valence-corrected chi connectivity index (χ2v) is 6.37. The number of fused-ring (bicyclic) bond motifs is 1. The number of halogens is 1. The summed E-state index contributed by atoms with van der Waals surface area (Å²) in [6, 6.07) is 9.35. The van der Waals surface area contributed by atoms with Gasteiger partial charge >= 0.3 is 0 Å². The van der Waals surface area contributed by atoms with E-state index in [4.69, 9.17) is 21.1 Å². The monoisotopic (exact) mass is 398 g/mol. The summed E-state index contributed by atoms with van der Waals surface area (Å²) < 4.78 is 10.6. The molecule has 144 valence electrons. The Morgan fingerprint density at radius 2 is 2.04 bits per heavy atom. The van der Waals surface area contributed by atoms with Gasteiger partial charge in [0.1, 0.15) is 29.7 Å². The summed E-state index contributed by atoms with van der Waals surface area (Å²) >= 11 is 6.18. The Morgan fingerprint density at radius 1 is 1.21 bits per heavy atom. The molecule has 7 nitrogen and oxygen atoms in total. The molecule has 3 rings (SSSR count). The zero-order chi connectivity index (χ0) is 20.1. The number of nitrogens with one attached hydrogen (secondary N) is 1. The normalized spacial score (nSPS) is 10.5. The first-order chi connectivity index (χ1) is 13.6.